The molecule has 0 aliphatic heterocycles. The number of fused-ring (bicyclic) bond motifs is 1. The van der Waals surface area contributed by atoms with Gasteiger partial charge in [0.15, 0.2) is 0 Å². The largest absolute Gasteiger partial charge is 0.496 e. The van der Waals surface area contributed by atoms with Gasteiger partial charge in [0.1, 0.15) is 5.75 Å². The molecule has 2 rings (SSSR count). The Labute approximate surface area is 91.4 Å². The SMILES string of the molecule is COc1cccc2c1CCCC2C(C)N. The van der Waals surface area contributed by atoms with Gasteiger partial charge < -0.3 is 10.5 Å². The number of hydrogen-bond donors (Lipinski definition) is 1. The van der Waals surface area contributed by atoms with Crippen LogP contribution >= 0.6 is 0 Å². The Morgan fingerprint density at radius 3 is 2.93 bits per heavy atom. The Morgan fingerprint density at radius 2 is 2.27 bits per heavy atom. The first-order valence-corrected chi connectivity index (χ1v) is 5.65. The first-order valence-electron chi connectivity index (χ1n) is 5.65. The summed E-state index contributed by atoms with van der Waals surface area (Å²) in [6, 6.07) is 6.54. The van der Waals surface area contributed by atoms with Gasteiger partial charge in [0.25, 0.3) is 0 Å². The van der Waals surface area contributed by atoms with Crippen molar-refractivity contribution in [1.29, 1.82) is 0 Å². The van der Waals surface area contributed by atoms with Crippen molar-refractivity contribution < 1.29 is 4.74 Å². The second-order valence-electron chi connectivity index (χ2n) is 4.39. The predicted molar refractivity (Wildman–Crippen MR) is 62.3 cm³/mol. The molecule has 2 unspecified atom stereocenters. The van der Waals surface area contributed by atoms with Crippen molar-refractivity contribution in [1.82, 2.24) is 0 Å². The van der Waals surface area contributed by atoms with E-state index in [0.29, 0.717) is 5.92 Å². The van der Waals surface area contributed by atoms with Gasteiger partial charge in [-0.25, -0.2) is 0 Å². The molecule has 1 aliphatic rings. The maximum atomic E-state index is 6.03. The lowest BCUT2D eigenvalue weighted by Crippen LogP contribution is -2.28. The maximum Gasteiger partial charge on any atom is 0.122 e. The maximum absolute atomic E-state index is 6.03. The van der Waals surface area contributed by atoms with Gasteiger partial charge in [-0.05, 0) is 49.3 Å². The van der Waals surface area contributed by atoms with E-state index in [4.69, 9.17) is 10.5 Å². The second kappa shape index (κ2) is 4.23. The Bertz CT molecular complexity index is 346. The zero-order valence-electron chi connectivity index (χ0n) is 9.49. The molecule has 0 heterocycles. The average molecular weight is 205 g/mol. The zero-order valence-corrected chi connectivity index (χ0v) is 9.49. The van der Waals surface area contributed by atoms with Crippen LogP contribution in [0.4, 0.5) is 0 Å². The van der Waals surface area contributed by atoms with Crippen molar-refractivity contribution in [2.75, 3.05) is 7.11 Å². The molecule has 2 heteroatoms. The molecule has 2 nitrogen and oxygen atoms in total. The molecule has 82 valence electrons. The minimum atomic E-state index is 0.233. The van der Waals surface area contributed by atoms with Gasteiger partial charge in [-0.2, -0.15) is 0 Å². The number of rotatable bonds is 2. The molecule has 15 heavy (non-hydrogen) atoms. The summed E-state index contributed by atoms with van der Waals surface area (Å²) in [5, 5.41) is 0. The number of nitrogens with two attached hydrogens (primary N) is 1. The van der Waals surface area contributed by atoms with Crippen LogP contribution in [0, 0.1) is 0 Å². The quantitative estimate of drug-likeness (QED) is 0.805. The van der Waals surface area contributed by atoms with Crippen molar-refractivity contribution >= 4 is 0 Å². The van der Waals surface area contributed by atoms with Crippen LogP contribution in [0.3, 0.4) is 0 Å². The molecule has 0 aromatic heterocycles. The molecule has 1 aromatic carbocycles. The lowest BCUT2D eigenvalue weighted by atomic mass is 9.79. The van der Waals surface area contributed by atoms with E-state index in [0.717, 1.165) is 12.2 Å². The van der Waals surface area contributed by atoms with Crippen LogP contribution in [0.2, 0.25) is 0 Å². The van der Waals surface area contributed by atoms with Crippen LogP contribution in [-0.2, 0) is 6.42 Å². The molecule has 0 bridgehead atoms. The highest BCUT2D eigenvalue weighted by molar-refractivity contribution is 5.44. The third-order valence-electron chi connectivity index (χ3n) is 3.37. The highest BCUT2D eigenvalue weighted by Gasteiger charge is 2.24. The highest BCUT2D eigenvalue weighted by atomic mass is 16.5. The third-order valence-corrected chi connectivity index (χ3v) is 3.37. The average Bonchev–Trinajstić information content (AvgIpc) is 2.27. The molecule has 2 N–H and O–H groups in total. The summed E-state index contributed by atoms with van der Waals surface area (Å²) in [7, 11) is 1.74. The van der Waals surface area contributed by atoms with Crippen LogP contribution in [0.25, 0.3) is 0 Å². The van der Waals surface area contributed by atoms with Gasteiger partial charge >= 0.3 is 0 Å². The Morgan fingerprint density at radius 1 is 1.47 bits per heavy atom. The summed E-state index contributed by atoms with van der Waals surface area (Å²) < 4.78 is 5.40. The molecule has 0 fully saturated rings. The molecule has 0 radical (unpaired) electrons. The minimum Gasteiger partial charge on any atom is -0.496 e. The predicted octanol–water partition coefficient (Wildman–Crippen LogP) is 2.46. The minimum absolute atomic E-state index is 0.233. The van der Waals surface area contributed by atoms with Crippen LogP contribution < -0.4 is 10.5 Å². The molecular weight excluding hydrogens is 186 g/mol. The Kier molecular flexibility index (Phi) is 2.96. The lowest BCUT2D eigenvalue weighted by molar-refractivity contribution is 0.399. The van der Waals surface area contributed by atoms with E-state index in [1.165, 1.54) is 24.0 Å². The smallest absolute Gasteiger partial charge is 0.122 e. The van der Waals surface area contributed by atoms with E-state index in [-0.39, 0.29) is 6.04 Å². The van der Waals surface area contributed by atoms with Crippen LogP contribution in [0.5, 0.6) is 5.75 Å². The van der Waals surface area contributed by atoms with Crippen molar-refractivity contribution in [3.05, 3.63) is 29.3 Å². The summed E-state index contributed by atoms with van der Waals surface area (Å²) in [4.78, 5) is 0. The fourth-order valence-electron chi connectivity index (χ4n) is 2.59. The lowest BCUT2D eigenvalue weighted by Gasteiger charge is -2.29. The summed E-state index contributed by atoms with van der Waals surface area (Å²) >= 11 is 0. The Hall–Kier alpha value is -1.02. The van der Waals surface area contributed by atoms with Crippen LogP contribution in [-0.4, -0.2) is 13.2 Å². The standard InChI is InChI=1S/C13H19NO/c1-9(14)10-5-3-7-12-11(10)6-4-8-13(12)15-2/h4,6,8-10H,3,5,7,14H2,1-2H3. The zero-order chi connectivity index (χ0) is 10.8. The van der Waals surface area contributed by atoms with Gasteiger partial charge in [-0.3, -0.25) is 0 Å². The molecule has 0 saturated heterocycles. The number of benzene rings is 1. The van der Waals surface area contributed by atoms with Crippen molar-refractivity contribution in [2.24, 2.45) is 5.73 Å². The summed E-state index contributed by atoms with van der Waals surface area (Å²) in [5.74, 6) is 1.53. The summed E-state index contributed by atoms with van der Waals surface area (Å²) in [6.07, 6.45) is 3.56. The van der Waals surface area contributed by atoms with E-state index in [2.05, 4.69) is 19.1 Å². The summed E-state index contributed by atoms with van der Waals surface area (Å²) in [6.45, 7) is 2.10. The van der Waals surface area contributed by atoms with E-state index < -0.39 is 0 Å². The van der Waals surface area contributed by atoms with E-state index in [1.807, 2.05) is 6.07 Å². The van der Waals surface area contributed by atoms with Crippen molar-refractivity contribution in [3.8, 4) is 5.75 Å². The highest BCUT2D eigenvalue weighted by Crippen LogP contribution is 2.37. The molecule has 1 aromatic rings. The molecule has 0 spiro atoms. The fraction of sp³-hybridized carbons (Fsp3) is 0.538. The monoisotopic (exact) mass is 205 g/mol. The first-order chi connectivity index (χ1) is 7.24. The van der Waals surface area contributed by atoms with Crippen molar-refractivity contribution in [3.63, 3.8) is 0 Å². The van der Waals surface area contributed by atoms with Gasteiger partial charge in [0, 0.05) is 6.04 Å². The molecular formula is C13H19NO. The van der Waals surface area contributed by atoms with Crippen LogP contribution in [0.15, 0.2) is 18.2 Å². The summed E-state index contributed by atoms with van der Waals surface area (Å²) in [5.41, 5.74) is 8.80. The fourth-order valence-corrected chi connectivity index (χ4v) is 2.59. The van der Waals surface area contributed by atoms with E-state index in [9.17, 15) is 0 Å². The molecule has 1 aliphatic carbocycles. The van der Waals surface area contributed by atoms with E-state index in [1.54, 1.807) is 7.11 Å². The number of hydrogen-bond acceptors (Lipinski definition) is 2. The molecule has 0 saturated carbocycles. The van der Waals surface area contributed by atoms with Gasteiger partial charge in [-0.1, -0.05) is 12.1 Å². The first kappa shape index (κ1) is 10.5. The van der Waals surface area contributed by atoms with Gasteiger partial charge in [0.05, 0.1) is 7.11 Å². The number of methoxy groups -OCH3 is 1. The number of ether oxygens (including phenoxy) is 1. The van der Waals surface area contributed by atoms with E-state index >= 15 is 0 Å². The molecule has 2 atom stereocenters. The molecule has 0 amide bonds. The second-order valence-corrected chi connectivity index (χ2v) is 4.39. The topological polar surface area (TPSA) is 35.2 Å². The van der Waals surface area contributed by atoms with Crippen molar-refractivity contribution in [2.45, 2.75) is 38.1 Å². The Balaban J connectivity index is 2.44. The van der Waals surface area contributed by atoms with Gasteiger partial charge in [0.2, 0.25) is 0 Å². The van der Waals surface area contributed by atoms with Gasteiger partial charge in [-0.15, -0.1) is 0 Å². The third kappa shape index (κ3) is 1.86. The normalized spacial score (nSPS) is 21.9. The van der Waals surface area contributed by atoms with Crippen LogP contribution in [0.1, 0.15) is 36.8 Å².